The van der Waals surface area contributed by atoms with E-state index in [0.29, 0.717) is 18.7 Å². The SMILES string of the molecule is O=C(NC1CCN(O)CC1)c1ccccc1. The lowest BCUT2D eigenvalue weighted by molar-refractivity contribution is -0.107. The molecule has 86 valence electrons. The summed E-state index contributed by atoms with van der Waals surface area (Å²) in [5.74, 6) is -0.0306. The number of amides is 1. The van der Waals surface area contributed by atoms with Gasteiger partial charge in [-0.3, -0.25) is 4.79 Å². The van der Waals surface area contributed by atoms with E-state index in [2.05, 4.69) is 5.32 Å². The van der Waals surface area contributed by atoms with E-state index in [9.17, 15) is 10.0 Å². The van der Waals surface area contributed by atoms with Crippen LogP contribution in [-0.2, 0) is 0 Å². The van der Waals surface area contributed by atoms with Gasteiger partial charge in [-0.05, 0) is 25.0 Å². The van der Waals surface area contributed by atoms with Crippen molar-refractivity contribution in [3.8, 4) is 0 Å². The van der Waals surface area contributed by atoms with E-state index in [-0.39, 0.29) is 11.9 Å². The third-order valence-electron chi connectivity index (χ3n) is 2.84. The molecular formula is C12H16N2O2. The number of rotatable bonds is 2. The molecule has 16 heavy (non-hydrogen) atoms. The van der Waals surface area contributed by atoms with Crippen LogP contribution in [0.25, 0.3) is 0 Å². The highest BCUT2D eigenvalue weighted by Crippen LogP contribution is 2.09. The predicted molar refractivity (Wildman–Crippen MR) is 60.3 cm³/mol. The Labute approximate surface area is 94.8 Å². The highest BCUT2D eigenvalue weighted by molar-refractivity contribution is 5.94. The van der Waals surface area contributed by atoms with Gasteiger partial charge in [0.1, 0.15) is 0 Å². The summed E-state index contributed by atoms with van der Waals surface area (Å²) in [6.45, 7) is 1.25. The summed E-state index contributed by atoms with van der Waals surface area (Å²) in [5, 5.41) is 13.5. The fourth-order valence-corrected chi connectivity index (χ4v) is 1.87. The maximum Gasteiger partial charge on any atom is 0.251 e. The maximum absolute atomic E-state index is 11.8. The summed E-state index contributed by atoms with van der Waals surface area (Å²) in [4.78, 5) is 11.8. The average Bonchev–Trinajstić information content (AvgIpc) is 2.33. The van der Waals surface area contributed by atoms with Gasteiger partial charge in [0.2, 0.25) is 0 Å². The van der Waals surface area contributed by atoms with Gasteiger partial charge in [-0.2, -0.15) is 5.06 Å². The molecule has 1 aromatic rings. The Morgan fingerprint density at radius 1 is 1.25 bits per heavy atom. The molecule has 0 aromatic heterocycles. The van der Waals surface area contributed by atoms with E-state index in [4.69, 9.17) is 0 Å². The minimum Gasteiger partial charge on any atom is -0.349 e. The van der Waals surface area contributed by atoms with Crippen LogP contribution >= 0.6 is 0 Å². The molecule has 1 fully saturated rings. The zero-order valence-electron chi connectivity index (χ0n) is 9.10. The maximum atomic E-state index is 11.8. The van der Waals surface area contributed by atoms with E-state index in [1.165, 1.54) is 5.06 Å². The van der Waals surface area contributed by atoms with Crippen molar-refractivity contribution < 1.29 is 10.0 Å². The number of benzene rings is 1. The Kier molecular flexibility index (Phi) is 3.54. The van der Waals surface area contributed by atoms with E-state index in [1.807, 2.05) is 18.2 Å². The van der Waals surface area contributed by atoms with Crippen LogP contribution in [0.3, 0.4) is 0 Å². The Hall–Kier alpha value is -1.39. The van der Waals surface area contributed by atoms with Crippen molar-refractivity contribution in [3.63, 3.8) is 0 Å². The normalized spacial score (nSPS) is 18.3. The Morgan fingerprint density at radius 3 is 2.50 bits per heavy atom. The monoisotopic (exact) mass is 220 g/mol. The fourth-order valence-electron chi connectivity index (χ4n) is 1.87. The predicted octanol–water partition coefficient (Wildman–Crippen LogP) is 1.27. The summed E-state index contributed by atoms with van der Waals surface area (Å²) < 4.78 is 0. The van der Waals surface area contributed by atoms with E-state index in [1.54, 1.807) is 12.1 Å². The van der Waals surface area contributed by atoms with Crippen LogP contribution in [-0.4, -0.2) is 35.3 Å². The molecule has 1 amide bonds. The molecule has 0 radical (unpaired) electrons. The topological polar surface area (TPSA) is 52.6 Å². The third-order valence-corrected chi connectivity index (χ3v) is 2.84. The summed E-state index contributed by atoms with van der Waals surface area (Å²) >= 11 is 0. The molecule has 1 saturated heterocycles. The van der Waals surface area contributed by atoms with Crippen LogP contribution in [0.2, 0.25) is 0 Å². The van der Waals surface area contributed by atoms with Crippen LogP contribution in [0.4, 0.5) is 0 Å². The molecule has 0 unspecified atom stereocenters. The lowest BCUT2D eigenvalue weighted by Crippen LogP contribution is -2.43. The van der Waals surface area contributed by atoms with Gasteiger partial charge in [0.25, 0.3) is 5.91 Å². The second-order valence-electron chi connectivity index (χ2n) is 4.07. The van der Waals surface area contributed by atoms with Crippen molar-refractivity contribution in [2.24, 2.45) is 0 Å². The van der Waals surface area contributed by atoms with Crippen LogP contribution in [0.15, 0.2) is 30.3 Å². The van der Waals surface area contributed by atoms with E-state index < -0.39 is 0 Å². The van der Waals surface area contributed by atoms with Crippen LogP contribution in [0.5, 0.6) is 0 Å². The first-order valence-corrected chi connectivity index (χ1v) is 5.55. The first-order valence-electron chi connectivity index (χ1n) is 5.55. The van der Waals surface area contributed by atoms with Crippen LogP contribution < -0.4 is 5.32 Å². The fraction of sp³-hybridized carbons (Fsp3) is 0.417. The number of hydrogen-bond acceptors (Lipinski definition) is 3. The van der Waals surface area contributed by atoms with Crippen molar-refractivity contribution in [1.82, 2.24) is 10.4 Å². The largest absolute Gasteiger partial charge is 0.349 e. The Balaban J connectivity index is 1.88. The van der Waals surface area contributed by atoms with E-state index >= 15 is 0 Å². The van der Waals surface area contributed by atoms with Crippen molar-refractivity contribution in [1.29, 1.82) is 0 Å². The van der Waals surface area contributed by atoms with Gasteiger partial charge >= 0.3 is 0 Å². The summed E-state index contributed by atoms with van der Waals surface area (Å²) in [6.07, 6.45) is 1.60. The first-order chi connectivity index (χ1) is 7.75. The molecule has 4 nitrogen and oxygen atoms in total. The molecular weight excluding hydrogens is 204 g/mol. The summed E-state index contributed by atoms with van der Waals surface area (Å²) in [6, 6.07) is 9.38. The third kappa shape index (κ3) is 2.81. The number of carbonyl (C=O) groups is 1. The summed E-state index contributed by atoms with van der Waals surface area (Å²) in [5.41, 5.74) is 0.689. The number of nitrogens with one attached hydrogen (secondary N) is 1. The molecule has 2 rings (SSSR count). The lowest BCUT2D eigenvalue weighted by Gasteiger charge is -2.28. The van der Waals surface area contributed by atoms with Crippen LogP contribution in [0, 0.1) is 0 Å². The molecule has 0 bridgehead atoms. The molecule has 1 aliphatic heterocycles. The molecule has 4 heteroatoms. The number of carbonyl (C=O) groups excluding carboxylic acids is 1. The first kappa shape index (κ1) is 11.1. The number of nitrogens with zero attached hydrogens (tertiary/aromatic N) is 1. The summed E-state index contributed by atoms with van der Waals surface area (Å²) in [7, 11) is 0. The smallest absolute Gasteiger partial charge is 0.251 e. The quantitative estimate of drug-likeness (QED) is 0.789. The van der Waals surface area contributed by atoms with E-state index in [0.717, 1.165) is 12.8 Å². The number of piperidine rings is 1. The van der Waals surface area contributed by atoms with Gasteiger partial charge in [0, 0.05) is 24.7 Å². The van der Waals surface area contributed by atoms with Gasteiger partial charge in [-0.1, -0.05) is 18.2 Å². The Bertz CT molecular complexity index is 345. The molecule has 1 aromatic carbocycles. The number of hydrogen-bond donors (Lipinski definition) is 2. The lowest BCUT2D eigenvalue weighted by atomic mass is 10.1. The van der Waals surface area contributed by atoms with Crippen molar-refractivity contribution in [2.45, 2.75) is 18.9 Å². The molecule has 0 spiro atoms. The molecule has 1 heterocycles. The minimum atomic E-state index is -0.0306. The standard InChI is InChI=1S/C12H16N2O2/c15-12(10-4-2-1-3-5-10)13-11-6-8-14(16)9-7-11/h1-5,11,16H,6-9H2,(H,13,15). The van der Waals surface area contributed by atoms with Crippen molar-refractivity contribution >= 4 is 5.91 Å². The Morgan fingerprint density at radius 2 is 1.88 bits per heavy atom. The average molecular weight is 220 g/mol. The van der Waals surface area contributed by atoms with Gasteiger partial charge in [0.05, 0.1) is 0 Å². The van der Waals surface area contributed by atoms with Gasteiger partial charge < -0.3 is 10.5 Å². The molecule has 0 aliphatic carbocycles. The van der Waals surface area contributed by atoms with Gasteiger partial charge in [-0.15, -0.1) is 0 Å². The highest BCUT2D eigenvalue weighted by atomic mass is 16.5. The second-order valence-corrected chi connectivity index (χ2v) is 4.07. The molecule has 0 saturated carbocycles. The number of hydroxylamine groups is 2. The van der Waals surface area contributed by atoms with Crippen molar-refractivity contribution in [3.05, 3.63) is 35.9 Å². The molecule has 1 aliphatic rings. The zero-order valence-corrected chi connectivity index (χ0v) is 9.10. The van der Waals surface area contributed by atoms with Crippen LogP contribution in [0.1, 0.15) is 23.2 Å². The van der Waals surface area contributed by atoms with Gasteiger partial charge in [-0.25, -0.2) is 0 Å². The van der Waals surface area contributed by atoms with Gasteiger partial charge in [0.15, 0.2) is 0 Å². The molecule has 2 N–H and O–H groups in total. The second kappa shape index (κ2) is 5.09. The zero-order chi connectivity index (χ0) is 11.4. The highest BCUT2D eigenvalue weighted by Gasteiger charge is 2.19. The van der Waals surface area contributed by atoms with Crippen molar-refractivity contribution in [2.75, 3.05) is 13.1 Å². The minimum absolute atomic E-state index is 0.0306. The molecule has 0 atom stereocenters.